The predicted molar refractivity (Wildman–Crippen MR) is 72.0 cm³/mol. The van der Waals surface area contributed by atoms with Crippen LogP contribution in [0.2, 0.25) is 0 Å². The van der Waals surface area contributed by atoms with E-state index in [1.54, 1.807) is 19.1 Å². The maximum Gasteiger partial charge on any atom is 0.251 e. The highest BCUT2D eigenvalue weighted by atomic mass is 32.2. The van der Waals surface area contributed by atoms with Gasteiger partial charge in [0.2, 0.25) is 10.0 Å². The SMILES string of the molecule is CC(C(=O)Nc1ccccc1S(N)(=O)=O)=C1CNC1. The molecule has 0 unspecified atom stereocenters. The molecule has 1 amide bonds. The summed E-state index contributed by atoms with van der Waals surface area (Å²) < 4.78 is 22.8. The molecule has 19 heavy (non-hydrogen) atoms. The van der Waals surface area contributed by atoms with Crippen LogP contribution >= 0.6 is 0 Å². The van der Waals surface area contributed by atoms with Crippen LogP contribution in [0.25, 0.3) is 0 Å². The zero-order chi connectivity index (χ0) is 14.0. The summed E-state index contributed by atoms with van der Waals surface area (Å²) in [4.78, 5) is 11.9. The topological polar surface area (TPSA) is 101 Å². The van der Waals surface area contributed by atoms with Crippen molar-refractivity contribution < 1.29 is 13.2 Å². The molecule has 0 radical (unpaired) electrons. The van der Waals surface area contributed by atoms with Gasteiger partial charge in [-0.2, -0.15) is 0 Å². The molecule has 0 aliphatic carbocycles. The van der Waals surface area contributed by atoms with Crippen LogP contribution < -0.4 is 15.8 Å². The van der Waals surface area contributed by atoms with Crippen LogP contribution in [0.1, 0.15) is 6.92 Å². The van der Waals surface area contributed by atoms with E-state index in [9.17, 15) is 13.2 Å². The smallest absolute Gasteiger partial charge is 0.251 e. The molecule has 0 bridgehead atoms. The Morgan fingerprint density at radius 2 is 1.95 bits per heavy atom. The summed E-state index contributed by atoms with van der Waals surface area (Å²) >= 11 is 0. The largest absolute Gasteiger partial charge is 0.321 e. The van der Waals surface area contributed by atoms with Gasteiger partial charge in [0.25, 0.3) is 5.91 Å². The Labute approximate surface area is 111 Å². The molecule has 0 saturated carbocycles. The van der Waals surface area contributed by atoms with Gasteiger partial charge in [-0.25, -0.2) is 13.6 Å². The second-order valence-corrected chi connectivity index (χ2v) is 5.86. The van der Waals surface area contributed by atoms with Crippen LogP contribution in [0.5, 0.6) is 0 Å². The van der Waals surface area contributed by atoms with Crippen molar-refractivity contribution in [3.8, 4) is 0 Å². The second-order valence-electron chi connectivity index (χ2n) is 4.33. The number of nitrogens with two attached hydrogens (primary N) is 1. The predicted octanol–water partition coefficient (Wildman–Crippen LogP) is 0.192. The molecule has 1 fully saturated rings. The minimum Gasteiger partial charge on any atom is -0.321 e. The van der Waals surface area contributed by atoms with Gasteiger partial charge in [0, 0.05) is 18.7 Å². The number of carbonyl (C=O) groups excluding carboxylic acids is 1. The first-order valence-electron chi connectivity index (χ1n) is 5.72. The Morgan fingerprint density at radius 1 is 1.32 bits per heavy atom. The van der Waals surface area contributed by atoms with Crippen molar-refractivity contribution in [2.75, 3.05) is 18.4 Å². The minimum absolute atomic E-state index is 0.0899. The maximum atomic E-state index is 12.0. The number of benzene rings is 1. The van der Waals surface area contributed by atoms with Crippen molar-refractivity contribution in [3.63, 3.8) is 0 Å². The first kappa shape index (κ1) is 13.7. The molecule has 1 aliphatic heterocycles. The van der Waals surface area contributed by atoms with Crippen LogP contribution in [0, 0.1) is 0 Å². The second kappa shape index (κ2) is 5.12. The third-order valence-electron chi connectivity index (χ3n) is 2.99. The van der Waals surface area contributed by atoms with Gasteiger partial charge in [-0.3, -0.25) is 4.79 Å². The summed E-state index contributed by atoms with van der Waals surface area (Å²) in [6, 6.07) is 6.06. The molecule has 4 N–H and O–H groups in total. The van der Waals surface area contributed by atoms with Gasteiger partial charge >= 0.3 is 0 Å². The lowest BCUT2D eigenvalue weighted by Crippen LogP contribution is -2.36. The number of amides is 1. The molecule has 1 aromatic carbocycles. The fourth-order valence-corrected chi connectivity index (χ4v) is 2.40. The molecule has 0 atom stereocenters. The molecule has 1 aliphatic rings. The van der Waals surface area contributed by atoms with Gasteiger partial charge in [0.05, 0.1) is 5.69 Å². The van der Waals surface area contributed by atoms with Crippen molar-refractivity contribution in [2.45, 2.75) is 11.8 Å². The molecular weight excluding hydrogens is 266 g/mol. The van der Waals surface area contributed by atoms with E-state index in [0.29, 0.717) is 18.7 Å². The average Bonchev–Trinajstić information content (AvgIpc) is 2.25. The van der Waals surface area contributed by atoms with Gasteiger partial charge in [-0.1, -0.05) is 12.1 Å². The molecule has 0 aromatic heterocycles. The van der Waals surface area contributed by atoms with Gasteiger partial charge in [0.15, 0.2) is 0 Å². The number of sulfonamides is 1. The lowest BCUT2D eigenvalue weighted by Gasteiger charge is -2.21. The Hall–Kier alpha value is -1.70. The number of primary sulfonamides is 1. The molecule has 1 aromatic rings. The first-order chi connectivity index (χ1) is 8.89. The standard InChI is InChI=1S/C12H15N3O3S/c1-8(9-6-14-7-9)12(16)15-10-4-2-3-5-11(10)19(13,17)18/h2-5,14H,6-7H2,1H3,(H,15,16)(H2,13,17,18). The van der Waals surface area contributed by atoms with E-state index in [1.807, 2.05) is 0 Å². The van der Waals surface area contributed by atoms with Crippen molar-refractivity contribution in [3.05, 3.63) is 35.4 Å². The number of hydrogen-bond donors (Lipinski definition) is 3. The van der Waals surface area contributed by atoms with Gasteiger partial charge < -0.3 is 10.6 Å². The van der Waals surface area contributed by atoms with Gasteiger partial charge in [-0.15, -0.1) is 0 Å². The fourth-order valence-electron chi connectivity index (χ4n) is 1.71. The number of nitrogens with one attached hydrogen (secondary N) is 2. The Balaban J connectivity index is 2.27. The molecule has 7 heteroatoms. The Bertz CT molecular complexity index is 644. The summed E-state index contributed by atoms with van der Waals surface area (Å²) in [5, 5.41) is 10.7. The summed E-state index contributed by atoms with van der Waals surface area (Å²) in [6.07, 6.45) is 0. The quantitative estimate of drug-likeness (QED) is 0.688. The van der Waals surface area contributed by atoms with E-state index >= 15 is 0 Å². The Morgan fingerprint density at radius 3 is 2.47 bits per heavy atom. The maximum absolute atomic E-state index is 12.0. The molecule has 1 heterocycles. The van der Waals surface area contributed by atoms with Crippen molar-refractivity contribution in [1.29, 1.82) is 0 Å². The number of carbonyl (C=O) groups is 1. The fraction of sp³-hybridized carbons (Fsp3) is 0.250. The molecular formula is C12H15N3O3S. The van der Waals surface area contributed by atoms with Crippen molar-refractivity contribution in [1.82, 2.24) is 5.32 Å². The normalized spacial score (nSPS) is 14.7. The zero-order valence-corrected chi connectivity index (χ0v) is 11.3. The highest BCUT2D eigenvalue weighted by Crippen LogP contribution is 2.20. The van der Waals surface area contributed by atoms with Crippen molar-refractivity contribution >= 4 is 21.6 Å². The van der Waals surface area contributed by atoms with Crippen LogP contribution in [0.15, 0.2) is 40.3 Å². The summed E-state index contributed by atoms with van der Waals surface area (Å²) in [6.45, 7) is 3.09. The third-order valence-corrected chi connectivity index (χ3v) is 3.96. The molecule has 2 rings (SSSR count). The van der Waals surface area contributed by atoms with E-state index in [0.717, 1.165) is 5.57 Å². The van der Waals surface area contributed by atoms with Crippen LogP contribution in [-0.4, -0.2) is 27.4 Å². The molecule has 102 valence electrons. The van der Waals surface area contributed by atoms with Crippen molar-refractivity contribution in [2.24, 2.45) is 5.14 Å². The highest BCUT2D eigenvalue weighted by molar-refractivity contribution is 7.89. The van der Waals surface area contributed by atoms with E-state index in [-0.39, 0.29) is 16.5 Å². The van der Waals surface area contributed by atoms with E-state index in [4.69, 9.17) is 5.14 Å². The molecule has 0 spiro atoms. The summed E-state index contributed by atoms with van der Waals surface area (Å²) in [5.74, 6) is -0.312. The molecule has 6 nitrogen and oxygen atoms in total. The number of para-hydroxylation sites is 1. The van der Waals surface area contributed by atoms with Crippen LogP contribution in [0.3, 0.4) is 0 Å². The van der Waals surface area contributed by atoms with Gasteiger partial charge in [-0.05, 0) is 24.6 Å². The lowest BCUT2D eigenvalue weighted by atomic mass is 10.0. The van der Waals surface area contributed by atoms with E-state index in [1.165, 1.54) is 12.1 Å². The van der Waals surface area contributed by atoms with E-state index < -0.39 is 10.0 Å². The number of hydrogen-bond acceptors (Lipinski definition) is 4. The monoisotopic (exact) mass is 281 g/mol. The first-order valence-corrected chi connectivity index (χ1v) is 7.27. The summed E-state index contributed by atoms with van der Waals surface area (Å²) in [7, 11) is -3.86. The van der Waals surface area contributed by atoms with Crippen LogP contribution in [-0.2, 0) is 14.8 Å². The Kier molecular flexibility index (Phi) is 3.70. The van der Waals surface area contributed by atoms with E-state index in [2.05, 4.69) is 10.6 Å². The zero-order valence-electron chi connectivity index (χ0n) is 10.4. The minimum atomic E-state index is -3.86. The highest BCUT2D eigenvalue weighted by Gasteiger charge is 2.19. The average molecular weight is 281 g/mol. The van der Waals surface area contributed by atoms with Crippen LogP contribution in [0.4, 0.5) is 5.69 Å². The summed E-state index contributed by atoms with van der Waals surface area (Å²) in [5.41, 5.74) is 1.82. The number of rotatable bonds is 3. The third kappa shape index (κ3) is 3.01. The molecule has 1 saturated heterocycles. The van der Waals surface area contributed by atoms with Gasteiger partial charge in [0.1, 0.15) is 4.90 Å². The number of anilines is 1. The lowest BCUT2D eigenvalue weighted by molar-refractivity contribution is -0.112.